The first-order valence-electron chi connectivity index (χ1n) is 4.84. The van der Waals surface area contributed by atoms with Crippen LogP contribution in [0.2, 0.25) is 0 Å². The van der Waals surface area contributed by atoms with Gasteiger partial charge in [0.25, 0.3) is 0 Å². The van der Waals surface area contributed by atoms with E-state index in [1.54, 1.807) is 0 Å². The first kappa shape index (κ1) is 7.35. The first-order chi connectivity index (χ1) is 5.45. The van der Waals surface area contributed by atoms with Gasteiger partial charge in [-0.05, 0) is 44.1 Å². The first-order valence-corrected chi connectivity index (χ1v) is 4.84. The van der Waals surface area contributed by atoms with Crippen molar-refractivity contribution in [2.75, 3.05) is 13.1 Å². The molecule has 1 aliphatic heterocycles. The molecule has 11 heavy (non-hydrogen) atoms. The lowest BCUT2D eigenvalue weighted by Gasteiger charge is -2.19. The Bertz CT molecular complexity index is 141. The molecule has 1 heterocycles. The van der Waals surface area contributed by atoms with Crippen LogP contribution in [0.1, 0.15) is 25.7 Å². The van der Waals surface area contributed by atoms with Gasteiger partial charge < -0.3 is 5.32 Å². The smallest absolute Gasteiger partial charge is 0.00142 e. The highest BCUT2D eigenvalue weighted by Gasteiger charge is 2.18. The molecule has 1 nitrogen and oxygen atoms in total. The van der Waals surface area contributed by atoms with Gasteiger partial charge in [-0.2, -0.15) is 0 Å². The molecular formula is C10H17N. The molecule has 62 valence electrons. The molecule has 1 saturated heterocycles. The zero-order valence-electron chi connectivity index (χ0n) is 7.05. The van der Waals surface area contributed by atoms with Gasteiger partial charge in [-0.3, -0.25) is 0 Å². The van der Waals surface area contributed by atoms with Gasteiger partial charge in [0, 0.05) is 6.54 Å². The lowest BCUT2D eigenvalue weighted by atomic mass is 9.99. The summed E-state index contributed by atoms with van der Waals surface area (Å²) in [7, 11) is 0. The third kappa shape index (κ3) is 2.33. The van der Waals surface area contributed by atoms with Crippen LogP contribution >= 0.6 is 0 Å². The van der Waals surface area contributed by atoms with Crippen LogP contribution in [0.4, 0.5) is 0 Å². The normalized spacial score (nSPS) is 32.9. The SMILES string of the molecule is C(=C\C1CCCNC1)/C1CC1. The van der Waals surface area contributed by atoms with E-state index in [4.69, 9.17) is 0 Å². The molecule has 2 fully saturated rings. The van der Waals surface area contributed by atoms with Crippen molar-refractivity contribution in [1.82, 2.24) is 5.32 Å². The molecule has 1 aliphatic carbocycles. The molecule has 0 aromatic carbocycles. The molecule has 0 amide bonds. The number of hydrogen-bond acceptors (Lipinski definition) is 1. The van der Waals surface area contributed by atoms with Gasteiger partial charge in [-0.1, -0.05) is 12.2 Å². The quantitative estimate of drug-likeness (QED) is 0.595. The Morgan fingerprint density at radius 3 is 2.45 bits per heavy atom. The van der Waals surface area contributed by atoms with Gasteiger partial charge in [0.15, 0.2) is 0 Å². The number of piperidine rings is 1. The molecule has 0 bridgehead atoms. The van der Waals surface area contributed by atoms with Crippen molar-refractivity contribution in [3.8, 4) is 0 Å². The van der Waals surface area contributed by atoms with E-state index in [-0.39, 0.29) is 0 Å². The summed E-state index contributed by atoms with van der Waals surface area (Å²) in [5, 5.41) is 3.43. The van der Waals surface area contributed by atoms with Gasteiger partial charge in [-0.15, -0.1) is 0 Å². The maximum Gasteiger partial charge on any atom is 0.00142 e. The van der Waals surface area contributed by atoms with E-state index >= 15 is 0 Å². The second kappa shape index (κ2) is 3.40. The standard InChI is InChI=1S/C10H17N/c1-2-10(8-11-7-1)6-5-9-3-4-9/h5-6,9-11H,1-4,7-8H2/b6-5+. The summed E-state index contributed by atoms with van der Waals surface area (Å²) >= 11 is 0. The van der Waals surface area contributed by atoms with Gasteiger partial charge in [-0.25, -0.2) is 0 Å². The van der Waals surface area contributed by atoms with E-state index < -0.39 is 0 Å². The van der Waals surface area contributed by atoms with Crippen LogP contribution in [0.15, 0.2) is 12.2 Å². The van der Waals surface area contributed by atoms with E-state index in [1.807, 2.05) is 0 Å². The Hall–Kier alpha value is -0.300. The molecule has 1 saturated carbocycles. The Morgan fingerprint density at radius 2 is 1.82 bits per heavy atom. The van der Waals surface area contributed by atoms with Gasteiger partial charge in [0.2, 0.25) is 0 Å². The van der Waals surface area contributed by atoms with Crippen molar-refractivity contribution >= 4 is 0 Å². The van der Waals surface area contributed by atoms with Crippen LogP contribution in [0, 0.1) is 11.8 Å². The average molecular weight is 151 g/mol. The molecule has 1 unspecified atom stereocenters. The molecule has 0 spiro atoms. The maximum atomic E-state index is 3.43. The molecule has 1 N–H and O–H groups in total. The van der Waals surface area contributed by atoms with E-state index in [0.29, 0.717) is 0 Å². The minimum atomic E-state index is 0.837. The molecular weight excluding hydrogens is 134 g/mol. The summed E-state index contributed by atoms with van der Waals surface area (Å²) in [5.41, 5.74) is 0. The molecule has 0 aromatic rings. The van der Waals surface area contributed by atoms with Crippen LogP contribution < -0.4 is 5.32 Å². The summed E-state index contributed by atoms with van der Waals surface area (Å²) in [4.78, 5) is 0. The molecule has 0 aromatic heterocycles. The number of allylic oxidation sites excluding steroid dienone is 1. The van der Waals surface area contributed by atoms with Crippen LogP contribution in [0.25, 0.3) is 0 Å². The Balaban J connectivity index is 1.74. The summed E-state index contributed by atoms with van der Waals surface area (Å²) in [6.07, 6.45) is 10.5. The minimum Gasteiger partial charge on any atom is -0.316 e. The summed E-state index contributed by atoms with van der Waals surface area (Å²) < 4.78 is 0. The molecule has 1 atom stereocenters. The van der Waals surface area contributed by atoms with Crippen molar-refractivity contribution in [3.63, 3.8) is 0 Å². The predicted molar refractivity (Wildman–Crippen MR) is 47.5 cm³/mol. The Labute approximate surface area is 68.9 Å². The summed E-state index contributed by atoms with van der Waals surface area (Å²) in [5.74, 6) is 1.79. The fraction of sp³-hybridized carbons (Fsp3) is 0.800. The number of nitrogens with one attached hydrogen (secondary N) is 1. The lowest BCUT2D eigenvalue weighted by molar-refractivity contribution is 0.437. The van der Waals surface area contributed by atoms with E-state index in [1.165, 1.54) is 38.8 Å². The third-order valence-corrected chi connectivity index (χ3v) is 2.61. The van der Waals surface area contributed by atoms with Gasteiger partial charge >= 0.3 is 0 Å². The highest BCUT2D eigenvalue weighted by molar-refractivity contribution is 4.99. The van der Waals surface area contributed by atoms with Crippen molar-refractivity contribution < 1.29 is 0 Å². The lowest BCUT2D eigenvalue weighted by Crippen LogP contribution is -2.28. The minimum absolute atomic E-state index is 0.837. The largest absolute Gasteiger partial charge is 0.316 e. The maximum absolute atomic E-state index is 3.43. The molecule has 1 heteroatoms. The molecule has 2 rings (SSSR count). The van der Waals surface area contributed by atoms with E-state index in [9.17, 15) is 0 Å². The van der Waals surface area contributed by atoms with Crippen molar-refractivity contribution in [3.05, 3.63) is 12.2 Å². The second-order valence-corrected chi connectivity index (χ2v) is 3.83. The Kier molecular flexibility index (Phi) is 2.27. The highest BCUT2D eigenvalue weighted by Crippen LogP contribution is 2.30. The fourth-order valence-corrected chi connectivity index (χ4v) is 1.65. The van der Waals surface area contributed by atoms with Crippen LogP contribution in [0.5, 0.6) is 0 Å². The van der Waals surface area contributed by atoms with Crippen LogP contribution in [-0.4, -0.2) is 13.1 Å². The van der Waals surface area contributed by atoms with Crippen molar-refractivity contribution in [2.45, 2.75) is 25.7 Å². The van der Waals surface area contributed by atoms with Gasteiger partial charge in [0.1, 0.15) is 0 Å². The fourth-order valence-electron chi connectivity index (χ4n) is 1.65. The zero-order chi connectivity index (χ0) is 7.52. The number of rotatable bonds is 2. The van der Waals surface area contributed by atoms with Crippen LogP contribution in [0.3, 0.4) is 0 Å². The topological polar surface area (TPSA) is 12.0 Å². The van der Waals surface area contributed by atoms with Crippen molar-refractivity contribution in [1.29, 1.82) is 0 Å². The highest BCUT2D eigenvalue weighted by atomic mass is 14.9. The van der Waals surface area contributed by atoms with Gasteiger partial charge in [0.05, 0.1) is 0 Å². The zero-order valence-corrected chi connectivity index (χ0v) is 7.05. The van der Waals surface area contributed by atoms with E-state index in [0.717, 1.165) is 11.8 Å². The molecule has 0 radical (unpaired) electrons. The second-order valence-electron chi connectivity index (χ2n) is 3.83. The monoisotopic (exact) mass is 151 g/mol. The average Bonchev–Trinajstić information content (AvgIpc) is 2.86. The third-order valence-electron chi connectivity index (χ3n) is 2.61. The Morgan fingerprint density at radius 1 is 1.00 bits per heavy atom. The molecule has 2 aliphatic rings. The van der Waals surface area contributed by atoms with Crippen LogP contribution in [-0.2, 0) is 0 Å². The predicted octanol–water partition coefficient (Wildman–Crippen LogP) is 1.95. The van der Waals surface area contributed by atoms with Crippen molar-refractivity contribution in [2.24, 2.45) is 11.8 Å². The summed E-state index contributed by atoms with van der Waals surface area (Å²) in [6, 6.07) is 0. The van der Waals surface area contributed by atoms with E-state index in [2.05, 4.69) is 17.5 Å². The summed E-state index contributed by atoms with van der Waals surface area (Å²) in [6.45, 7) is 2.44. The number of hydrogen-bond donors (Lipinski definition) is 1.